The number of hydrogen-bond acceptors (Lipinski definition) is 2. The zero-order chi connectivity index (χ0) is 14.6. The highest BCUT2D eigenvalue weighted by molar-refractivity contribution is 7.89. The lowest BCUT2D eigenvalue weighted by molar-refractivity contribution is 0.588. The summed E-state index contributed by atoms with van der Waals surface area (Å²) in [5.41, 5.74) is 2.06. The number of sulfonamides is 1. The third-order valence-corrected chi connectivity index (χ3v) is 4.92. The molecule has 2 aromatic rings. The van der Waals surface area contributed by atoms with Gasteiger partial charge >= 0.3 is 0 Å². The van der Waals surface area contributed by atoms with Gasteiger partial charge in [0.15, 0.2) is 0 Å². The van der Waals surface area contributed by atoms with Gasteiger partial charge < -0.3 is 0 Å². The first-order chi connectivity index (χ1) is 9.53. The van der Waals surface area contributed by atoms with Gasteiger partial charge in [-0.15, -0.1) is 11.6 Å². The highest BCUT2D eigenvalue weighted by Gasteiger charge is 2.12. The van der Waals surface area contributed by atoms with E-state index in [-0.39, 0.29) is 10.3 Å². The molecule has 2 aromatic carbocycles. The molecular formula is C15H16ClNO2S. The number of rotatable bonds is 5. The van der Waals surface area contributed by atoms with Crippen LogP contribution in [0.15, 0.2) is 59.5 Å². The standard InChI is InChI=1S/C15H16ClNO2S/c1-17-20(18,19)14-9-7-12(8-10-14)11-15(16)13-5-3-2-4-6-13/h2-10,15,17H,11H2,1H3. The summed E-state index contributed by atoms with van der Waals surface area (Å²) in [6.07, 6.45) is 0.658. The molecule has 20 heavy (non-hydrogen) atoms. The minimum atomic E-state index is -3.38. The lowest BCUT2D eigenvalue weighted by Crippen LogP contribution is -2.18. The van der Waals surface area contributed by atoms with Crippen molar-refractivity contribution in [1.82, 2.24) is 4.72 Å². The second-order valence-electron chi connectivity index (χ2n) is 4.43. The molecule has 0 spiro atoms. The van der Waals surface area contributed by atoms with Crippen LogP contribution in [-0.4, -0.2) is 15.5 Å². The lowest BCUT2D eigenvalue weighted by atomic mass is 10.0. The fourth-order valence-corrected chi connectivity index (χ4v) is 2.96. The first-order valence-electron chi connectivity index (χ1n) is 6.24. The van der Waals surface area contributed by atoms with Crippen molar-refractivity contribution in [1.29, 1.82) is 0 Å². The number of hydrogen-bond donors (Lipinski definition) is 1. The van der Waals surface area contributed by atoms with E-state index >= 15 is 0 Å². The van der Waals surface area contributed by atoms with Crippen LogP contribution in [0.1, 0.15) is 16.5 Å². The van der Waals surface area contributed by atoms with Gasteiger partial charge in [0, 0.05) is 0 Å². The van der Waals surface area contributed by atoms with Crippen molar-refractivity contribution in [3.63, 3.8) is 0 Å². The van der Waals surface area contributed by atoms with Crippen LogP contribution in [0, 0.1) is 0 Å². The summed E-state index contributed by atoms with van der Waals surface area (Å²) in [5.74, 6) is 0. The third kappa shape index (κ3) is 3.60. The molecule has 0 aliphatic rings. The Bertz CT molecular complexity index is 654. The second kappa shape index (κ2) is 6.39. The summed E-state index contributed by atoms with van der Waals surface area (Å²) in [4.78, 5) is 0.259. The molecule has 0 amide bonds. The highest BCUT2D eigenvalue weighted by atomic mass is 35.5. The Hall–Kier alpha value is -1.36. The Morgan fingerprint density at radius 1 is 1.05 bits per heavy atom. The molecule has 5 heteroatoms. The fraction of sp³-hybridized carbons (Fsp3) is 0.200. The van der Waals surface area contributed by atoms with Crippen LogP contribution in [0.2, 0.25) is 0 Å². The monoisotopic (exact) mass is 309 g/mol. The van der Waals surface area contributed by atoms with Crippen molar-refractivity contribution in [2.75, 3.05) is 7.05 Å². The molecule has 0 radical (unpaired) electrons. The molecule has 1 unspecified atom stereocenters. The van der Waals surface area contributed by atoms with Gasteiger partial charge in [0.2, 0.25) is 10.0 Å². The van der Waals surface area contributed by atoms with Gasteiger partial charge in [-0.1, -0.05) is 42.5 Å². The molecule has 0 saturated heterocycles. The summed E-state index contributed by atoms with van der Waals surface area (Å²) in [7, 11) is -1.98. The fourth-order valence-electron chi connectivity index (χ4n) is 1.91. The van der Waals surface area contributed by atoms with Crippen molar-refractivity contribution < 1.29 is 8.42 Å². The molecule has 0 bridgehead atoms. The van der Waals surface area contributed by atoms with Gasteiger partial charge in [0.1, 0.15) is 0 Å². The van der Waals surface area contributed by atoms with Crippen LogP contribution in [-0.2, 0) is 16.4 Å². The van der Waals surface area contributed by atoms with Crippen LogP contribution < -0.4 is 4.72 Å². The second-order valence-corrected chi connectivity index (χ2v) is 6.85. The third-order valence-electron chi connectivity index (χ3n) is 3.08. The summed E-state index contributed by atoms with van der Waals surface area (Å²) in [6.45, 7) is 0. The van der Waals surface area contributed by atoms with Gasteiger partial charge in [-0.05, 0) is 36.7 Å². The highest BCUT2D eigenvalue weighted by Crippen LogP contribution is 2.25. The minimum absolute atomic E-state index is 0.122. The van der Waals surface area contributed by atoms with Crippen LogP contribution in [0.3, 0.4) is 0 Å². The SMILES string of the molecule is CNS(=O)(=O)c1ccc(CC(Cl)c2ccccc2)cc1. The van der Waals surface area contributed by atoms with Crippen molar-refractivity contribution in [3.05, 3.63) is 65.7 Å². The largest absolute Gasteiger partial charge is 0.240 e. The molecule has 0 heterocycles. The zero-order valence-electron chi connectivity index (χ0n) is 11.1. The van der Waals surface area contributed by atoms with Crippen molar-refractivity contribution >= 4 is 21.6 Å². The number of alkyl halides is 1. The van der Waals surface area contributed by atoms with E-state index in [1.54, 1.807) is 24.3 Å². The molecule has 0 fully saturated rings. The van der Waals surface area contributed by atoms with E-state index in [4.69, 9.17) is 11.6 Å². The van der Waals surface area contributed by atoms with E-state index in [1.165, 1.54) is 7.05 Å². The maximum Gasteiger partial charge on any atom is 0.240 e. The predicted octanol–water partition coefficient (Wildman–Crippen LogP) is 3.12. The zero-order valence-corrected chi connectivity index (χ0v) is 12.7. The topological polar surface area (TPSA) is 46.2 Å². The van der Waals surface area contributed by atoms with Gasteiger partial charge in [0.25, 0.3) is 0 Å². The van der Waals surface area contributed by atoms with Crippen molar-refractivity contribution in [2.24, 2.45) is 0 Å². The average molecular weight is 310 g/mol. The minimum Gasteiger partial charge on any atom is -0.214 e. The Balaban J connectivity index is 2.12. The lowest BCUT2D eigenvalue weighted by Gasteiger charge is -2.10. The Labute approximate surface area is 124 Å². The van der Waals surface area contributed by atoms with E-state index in [9.17, 15) is 8.42 Å². The number of halogens is 1. The number of benzene rings is 2. The quantitative estimate of drug-likeness (QED) is 0.863. The van der Waals surface area contributed by atoms with Crippen molar-refractivity contribution in [2.45, 2.75) is 16.7 Å². The van der Waals surface area contributed by atoms with E-state index in [2.05, 4.69) is 4.72 Å². The van der Waals surface area contributed by atoms with Gasteiger partial charge in [-0.2, -0.15) is 0 Å². The maximum absolute atomic E-state index is 11.6. The van der Waals surface area contributed by atoms with Crippen LogP contribution >= 0.6 is 11.6 Å². The first kappa shape index (κ1) is 15.0. The maximum atomic E-state index is 11.6. The summed E-state index contributed by atoms with van der Waals surface area (Å²) >= 11 is 6.37. The van der Waals surface area contributed by atoms with E-state index in [1.807, 2.05) is 30.3 Å². The van der Waals surface area contributed by atoms with Crippen molar-refractivity contribution in [3.8, 4) is 0 Å². The van der Waals surface area contributed by atoms with Crippen LogP contribution in [0.4, 0.5) is 0 Å². The molecule has 0 saturated carbocycles. The Morgan fingerprint density at radius 2 is 1.65 bits per heavy atom. The molecule has 2 rings (SSSR count). The van der Waals surface area contributed by atoms with E-state index in [0.29, 0.717) is 6.42 Å². The van der Waals surface area contributed by atoms with Gasteiger partial charge in [0.05, 0.1) is 10.3 Å². The number of nitrogens with one attached hydrogen (secondary N) is 1. The molecule has 0 aliphatic heterocycles. The molecule has 0 aliphatic carbocycles. The summed E-state index contributed by atoms with van der Waals surface area (Å²) in [5, 5.41) is -0.122. The Morgan fingerprint density at radius 3 is 2.20 bits per heavy atom. The first-order valence-corrected chi connectivity index (χ1v) is 8.16. The normalized spacial score (nSPS) is 13.1. The Kier molecular flexibility index (Phi) is 4.81. The molecule has 0 aromatic heterocycles. The molecular weight excluding hydrogens is 294 g/mol. The smallest absolute Gasteiger partial charge is 0.214 e. The summed E-state index contributed by atoms with van der Waals surface area (Å²) in [6, 6.07) is 16.6. The molecule has 106 valence electrons. The van der Waals surface area contributed by atoms with Crippen LogP contribution in [0.5, 0.6) is 0 Å². The average Bonchev–Trinajstić information content (AvgIpc) is 2.48. The molecule has 3 nitrogen and oxygen atoms in total. The predicted molar refractivity (Wildman–Crippen MR) is 81.4 cm³/mol. The van der Waals surface area contributed by atoms with Gasteiger partial charge in [-0.3, -0.25) is 0 Å². The molecule has 1 N–H and O–H groups in total. The molecule has 1 atom stereocenters. The van der Waals surface area contributed by atoms with E-state index in [0.717, 1.165) is 11.1 Å². The van der Waals surface area contributed by atoms with E-state index < -0.39 is 10.0 Å². The van der Waals surface area contributed by atoms with Crippen LogP contribution in [0.25, 0.3) is 0 Å². The summed E-state index contributed by atoms with van der Waals surface area (Å²) < 4.78 is 25.5. The van der Waals surface area contributed by atoms with Gasteiger partial charge in [-0.25, -0.2) is 13.1 Å².